The number of aromatic nitrogens is 2. The van der Waals surface area contributed by atoms with E-state index in [-0.39, 0.29) is 0 Å². The Labute approximate surface area is 139 Å². The SMILES string of the molecule is N#Cc1ccc2cc(SCc3c[nH]c(=O)c(=O)[nH]3)ccc2c1Cl. The van der Waals surface area contributed by atoms with Gasteiger partial charge in [0.15, 0.2) is 0 Å². The number of aromatic amines is 2. The van der Waals surface area contributed by atoms with E-state index in [1.807, 2.05) is 24.3 Å². The second-order valence-corrected chi connectivity index (χ2v) is 6.23. The minimum atomic E-state index is -0.660. The molecule has 0 aliphatic rings. The largest absolute Gasteiger partial charge is 0.323 e. The topological polar surface area (TPSA) is 89.5 Å². The number of fused-ring (bicyclic) bond motifs is 1. The summed E-state index contributed by atoms with van der Waals surface area (Å²) in [7, 11) is 0. The first-order valence-electron chi connectivity index (χ1n) is 6.64. The van der Waals surface area contributed by atoms with Gasteiger partial charge in [0.05, 0.1) is 10.6 Å². The summed E-state index contributed by atoms with van der Waals surface area (Å²) in [4.78, 5) is 28.2. The minimum Gasteiger partial charge on any atom is -0.323 e. The van der Waals surface area contributed by atoms with E-state index < -0.39 is 11.1 Å². The third-order valence-corrected chi connectivity index (χ3v) is 4.75. The lowest BCUT2D eigenvalue weighted by Crippen LogP contribution is -2.29. The van der Waals surface area contributed by atoms with Crippen molar-refractivity contribution in [2.24, 2.45) is 0 Å². The summed E-state index contributed by atoms with van der Waals surface area (Å²) in [5.41, 5.74) is -0.229. The number of hydrogen-bond donors (Lipinski definition) is 2. The number of rotatable bonds is 3. The third kappa shape index (κ3) is 3.16. The predicted molar refractivity (Wildman–Crippen MR) is 90.9 cm³/mol. The van der Waals surface area contributed by atoms with Gasteiger partial charge in [0.25, 0.3) is 0 Å². The molecule has 0 unspecified atom stereocenters. The van der Waals surface area contributed by atoms with Crippen LogP contribution in [0.1, 0.15) is 11.3 Å². The van der Waals surface area contributed by atoms with Gasteiger partial charge >= 0.3 is 11.1 Å². The van der Waals surface area contributed by atoms with E-state index in [4.69, 9.17) is 16.9 Å². The van der Waals surface area contributed by atoms with E-state index in [9.17, 15) is 9.59 Å². The number of nitrogens with one attached hydrogen (secondary N) is 2. The first kappa shape index (κ1) is 15.4. The van der Waals surface area contributed by atoms with Gasteiger partial charge in [-0.1, -0.05) is 23.7 Å². The Kier molecular flexibility index (Phi) is 4.24. The van der Waals surface area contributed by atoms with Crippen LogP contribution in [-0.2, 0) is 5.75 Å². The highest BCUT2D eigenvalue weighted by Crippen LogP contribution is 2.31. The number of nitriles is 1. The highest BCUT2D eigenvalue weighted by molar-refractivity contribution is 7.98. The van der Waals surface area contributed by atoms with Crippen LogP contribution in [0.2, 0.25) is 5.02 Å². The maximum atomic E-state index is 11.3. The number of thioether (sulfide) groups is 1. The predicted octanol–water partition coefficient (Wildman–Crippen LogP) is 3.03. The van der Waals surface area contributed by atoms with Crippen LogP contribution in [0.4, 0.5) is 0 Å². The average molecular weight is 344 g/mol. The number of H-pyrrole nitrogens is 2. The van der Waals surface area contributed by atoms with Gasteiger partial charge in [0.1, 0.15) is 6.07 Å². The molecule has 114 valence electrons. The molecule has 2 aromatic carbocycles. The summed E-state index contributed by atoms with van der Waals surface area (Å²) in [6, 6.07) is 11.4. The highest BCUT2D eigenvalue weighted by atomic mass is 35.5. The standard InChI is InChI=1S/C16H10ClN3O2S/c17-14-10(6-18)2-1-9-5-12(3-4-13(9)14)23-8-11-7-19-15(21)16(22)20-11/h1-5,7H,8H2,(H,19,21)(H,20,22). The lowest BCUT2D eigenvalue weighted by Gasteiger charge is -2.06. The molecule has 1 aromatic heterocycles. The van der Waals surface area contributed by atoms with E-state index in [1.54, 1.807) is 6.07 Å². The summed E-state index contributed by atoms with van der Waals surface area (Å²) < 4.78 is 0. The Morgan fingerprint density at radius 1 is 1.17 bits per heavy atom. The van der Waals surface area contributed by atoms with Crippen LogP contribution in [0.5, 0.6) is 0 Å². The zero-order chi connectivity index (χ0) is 16.4. The monoisotopic (exact) mass is 343 g/mol. The normalized spacial score (nSPS) is 10.6. The fraction of sp³-hybridized carbons (Fsp3) is 0.0625. The Hall–Kier alpha value is -2.49. The zero-order valence-corrected chi connectivity index (χ0v) is 13.3. The molecule has 0 radical (unpaired) electrons. The van der Waals surface area contributed by atoms with Crippen molar-refractivity contribution in [3.63, 3.8) is 0 Å². The molecule has 0 fully saturated rings. The van der Waals surface area contributed by atoms with Crippen molar-refractivity contribution < 1.29 is 0 Å². The van der Waals surface area contributed by atoms with E-state index in [1.165, 1.54) is 18.0 Å². The number of benzene rings is 2. The molecule has 0 atom stereocenters. The zero-order valence-electron chi connectivity index (χ0n) is 11.7. The van der Waals surface area contributed by atoms with Gasteiger partial charge in [-0.05, 0) is 23.6 Å². The molecule has 5 nitrogen and oxygen atoms in total. The van der Waals surface area contributed by atoms with E-state index in [2.05, 4.69) is 16.0 Å². The van der Waals surface area contributed by atoms with Crippen LogP contribution in [0.25, 0.3) is 10.8 Å². The van der Waals surface area contributed by atoms with Crippen molar-refractivity contribution >= 4 is 34.1 Å². The molecule has 1 heterocycles. The molecular weight excluding hydrogens is 334 g/mol. The maximum Gasteiger partial charge on any atom is 0.313 e. The Bertz CT molecular complexity index is 1050. The van der Waals surface area contributed by atoms with Crippen LogP contribution < -0.4 is 11.1 Å². The maximum absolute atomic E-state index is 11.3. The van der Waals surface area contributed by atoms with Crippen LogP contribution in [-0.4, -0.2) is 9.97 Å². The summed E-state index contributed by atoms with van der Waals surface area (Å²) in [5.74, 6) is 0.515. The van der Waals surface area contributed by atoms with Gasteiger partial charge in [-0.15, -0.1) is 11.8 Å². The summed E-state index contributed by atoms with van der Waals surface area (Å²) in [5, 5.41) is 11.2. The van der Waals surface area contributed by atoms with Gasteiger partial charge in [0, 0.05) is 27.9 Å². The molecule has 0 saturated heterocycles. The Morgan fingerprint density at radius 2 is 2.00 bits per heavy atom. The van der Waals surface area contributed by atoms with Crippen molar-refractivity contribution in [2.75, 3.05) is 0 Å². The second-order valence-electron chi connectivity index (χ2n) is 4.81. The average Bonchev–Trinajstić information content (AvgIpc) is 2.56. The molecule has 0 amide bonds. The lowest BCUT2D eigenvalue weighted by atomic mass is 10.1. The smallest absolute Gasteiger partial charge is 0.313 e. The molecule has 0 aliphatic heterocycles. The summed E-state index contributed by atoms with van der Waals surface area (Å²) in [6.07, 6.45) is 1.49. The van der Waals surface area contributed by atoms with Gasteiger partial charge in [-0.2, -0.15) is 5.26 Å². The van der Waals surface area contributed by atoms with Gasteiger partial charge in [-0.3, -0.25) is 9.59 Å². The molecule has 2 N–H and O–H groups in total. The summed E-state index contributed by atoms with van der Waals surface area (Å²) in [6.45, 7) is 0. The third-order valence-electron chi connectivity index (χ3n) is 3.30. The summed E-state index contributed by atoms with van der Waals surface area (Å²) >= 11 is 7.71. The van der Waals surface area contributed by atoms with Crippen LogP contribution >= 0.6 is 23.4 Å². The highest BCUT2D eigenvalue weighted by Gasteiger charge is 2.06. The molecule has 0 saturated carbocycles. The molecule has 0 spiro atoms. The Morgan fingerprint density at radius 3 is 2.74 bits per heavy atom. The molecule has 0 aliphatic carbocycles. The fourth-order valence-electron chi connectivity index (χ4n) is 2.14. The molecule has 3 aromatic rings. The fourth-order valence-corrected chi connectivity index (χ4v) is 3.27. The van der Waals surface area contributed by atoms with Crippen molar-refractivity contribution in [2.45, 2.75) is 10.6 Å². The second kappa shape index (κ2) is 6.32. The van der Waals surface area contributed by atoms with E-state index in [0.29, 0.717) is 22.0 Å². The van der Waals surface area contributed by atoms with E-state index in [0.717, 1.165) is 15.7 Å². The van der Waals surface area contributed by atoms with Crippen molar-refractivity contribution in [3.05, 3.63) is 73.5 Å². The quantitative estimate of drug-likeness (QED) is 0.565. The van der Waals surface area contributed by atoms with Gasteiger partial charge in [0.2, 0.25) is 0 Å². The number of hydrogen-bond acceptors (Lipinski definition) is 4. The molecule has 3 rings (SSSR count). The Balaban J connectivity index is 1.86. The minimum absolute atomic E-state index is 0.449. The van der Waals surface area contributed by atoms with E-state index >= 15 is 0 Å². The number of nitrogens with zero attached hydrogens (tertiary/aromatic N) is 1. The van der Waals surface area contributed by atoms with Crippen LogP contribution in [0, 0.1) is 11.3 Å². The first-order valence-corrected chi connectivity index (χ1v) is 8.01. The number of halogens is 1. The first-order chi connectivity index (χ1) is 11.1. The van der Waals surface area contributed by atoms with Crippen molar-refractivity contribution in [1.29, 1.82) is 5.26 Å². The lowest BCUT2D eigenvalue weighted by molar-refractivity contribution is 1.01. The van der Waals surface area contributed by atoms with Crippen LogP contribution in [0.3, 0.4) is 0 Å². The van der Waals surface area contributed by atoms with Crippen molar-refractivity contribution in [3.8, 4) is 6.07 Å². The molecular formula is C16H10ClN3O2S. The molecule has 0 bridgehead atoms. The van der Waals surface area contributed by atoms with Crippen molar-refractivity contribution in [1.82, 2.24) is 9.97 Å². The molecule has 23 heavy (non-hydrogen) atoms. The van der Waals surface area contributed by atoms with Crippen LogP contribution in [0.15, 0.2) is 51.0 Å². The van der Waals surface area contributed by atoms with Gasteiger partial charge < -0.3 is 9.97 Å². The van der Waals surface area contributed by atoms with Gasteiger partial charge in [-0.25, -0.2) is 0 Å². The molecule has 7 heteroatoms.